The standard InChI is InChI=1S/C19H22N4O3S/c1-25-14-4-2-6-16-17(14)21-19(27-16)23-11-9-22(10-12-23)8-7-20-18(24)15-5-3-13-26-15/h2-6,13H,7-12H2,1H3,(H,20,24). The van der Waals surface area contributed by atoms with E-state index in [1.54, 1.807) is 30.6 Å². The van der Waals surface area contributed by atoms with E-state index in [9.17, 15) is 4.79 Å². The Morgan fingerprint density at radius 2 is 2.11 bits per heavy atom. The summed E-state index contributed by atoms with van der Waals surface area (Å²) in [5.74, 6) is 1.01. The maximum atomic E-state index is 11.9. The summed E-state index contributed by atoms with van der Waals surface area (Å²) in [4.78, 5) is 21.3. The molecule has 2 aromatic heterocycles. The number of carbonyl (C=O) groups is 1. The Balaban J connectivity index is 1.28. The van der Waals surface area contributed by atoms with Crippen molar-refractivity contribution in [1.29, 1.82) is 0 Å². The highest BCUT2D eigenvalue weighted by atomic mass is 32.1. The van der Waals surface area contributed by atoms with E-state index in [4.69, 9.17) is 14.1 Å². The van der Waals surface area contributed by atoms with Crippen LogP contribution in [0.1, 0.15) is 10.6 Å². The summed E-state index contributed by atoms with van der Waals surface area (Å²) in [5.41, 5.74) is 0.933. The molecule has 0 atom stereocenters. The molecule has 0 aliphatic carbocycles. The summed E-state index contributed by atoms with van der Waals surface area (Å²) in [7, 11) is 1.68. The zero-order chi connectivity index (χ0) is 18.6. The number of anilines is 1. The van der Waals surface area contributed by atoms with Gasteiger partial charge in [0.15, 0.2) is 10.9 Å². The van der Waals surface area contributed by atoms with E-state index in [0.717, 1.165) is 53.8 Å². The van der Waals surface area contributed by atoms with E-state index >= 15 is 0 Å². The van der Waals surface area contributed by atoms with Gasteiger partial charge in [-0.3, -0.25) is 9.69 Å². The molecular weight excluding hydrogens is 364 g/mol. The van der Waals surface area contributed by atoms with E-state index in [1.807, 2.05) is 12.1 Å². The predicted molar refractivity (Wildman–Crippen MR) is 106 cm³/mol. The van der Waals surface area contributed by atoms with Gasteiger partial charge in [-0.25, -0.2) is 4.98 Å². The van der Waals surface area contributed by atoms with Gasteiger partial charge < -0.3 is 19.4 Å². The van der Waals surface area contributed by atoms with Crippen molar-refractivity contribution in [2.75, 3.05) is 51.3 Å². The van der Waals surface area contributed by atoms with Gasteiger partial charge in [0.05, 0.1) is 18.1 Å². The lowest BCUT2D eigenvalue weighted by Crippen LogP contribution is -2.48. The van der Waals surface area contributed by atoms with Crippen molar-refractivity contribution in [1.82, 2.24) is 15.2 Å². The SMILES string of the molecule is COc1cccc2sc(N3CCN(CCNC(=O)c4ccco4)CC3)nc12. The molecule has 0 saturated carbocycles. The highest BCUT2D eigenvalue weighted by Gasteiger charge is 2.20. The fourth-order valence-electron chi connectivity index (χ4n) is 3.20. The van der Waals surface area contributed by atoms with Gasteiger partial charge in [0.1, 0.15) is 11.3 Å². The molecule has 142 valence electrons. The van der Waals surface area contributed by atoms with E-state index < -0.39 is 0 Å². The topological polar surface area (TPSA) is 70.8 Å². The number of piperazine rings is 1. The number of fused-ring (bicyclic) bond motifs is 1. The smallest absolute Gasteiger partial charge is 0.287 e. The van der Waals surface area contributed by atoms with Crippen LogP contribution in [0.3, 0.4) is 0 Å². The van der Waals surface area contributed by atoms with E-state index in [2.05, 4.69) is 21.2 Å². The molecule has 3 heterocycles. The molecule has 27 heavy (non-hydrogen) atoms. The molecule has 1 fully saturated rings. The minimum atomic E-state index is -0.165. The quantitative estimate of drug-likeness (QED) is 0.702. The van der Waals surface area contributed by atoms with Gasteiger partial charge in [-0.05, 0) is 24.3 Å². The molecule has 1 N–H and O–H groups in total. The average molecular weight is 386 g/mol. The third kappa shape index (κ3) is 3.91. The fraction of sp³-hybridized carbons (Fsp3) is 0.368. The number of hydrogen-bond donors (Lipinski definition) is 1. The van der Waals surface area contributed by atoms with Crippen molar-refractivity contribution in [2.45, 2.75) is 0 Å². The number of rotatable bonds is 6. The number of ether oxygens (including phenoxy) is 1. The van der Waals surface area contributed by atoms with Crippen LogP contribution < -0.4 is 15.0 Å². The number of benzene rings is 1. The van der Waals surface area contributed by atoms with Gasteiger partial charge in [-0.15, -0.1) is 0 Å². The zero-order valence-electron chi connectivity index (χ0n) is 15.2. The number of thiazole rings is 1. The molecule has 1 aromatic carbocycles. The number of amides is 1. The van der Waals surface area contributed by atoms with Gasteiger partial charge >= 0.3 is 0 Å². The van der Waals surface area contributed by atoms with Crippen LogP contribution in [0.5, 0.6) is 5.75 Å². The number of aromatic nitrogens is 1. The lowest BCUT2D eigenvalue weighted by Gasteiger charge is -2.34. The van der Waals surface area contributed by atoms with Crippen LogP contribution in [-0.4, -0.2) is 62.2 Å². The lowest BCUT2D eigenvalue weighted by atomic mass is 10.3. The number of furan rings is 1. The molecular formula is C19H22N4O3S. The molecule has 3 aromatic rings. The van der Waals surface area contributed by atoms with Crippen LogP contribution in [0, 0.1) is 0 Å². The minimum Gasteiger partial charge on any atom is -0.494 e. The molecule has 1 saturated heterocycles. The molecule has 7 nitrogen and oxygen atoms in total. The van der Waals surface area contributed by atoms with Gasteiger partial charge in [-0.2, -0.15) is 0 Å². The molecule has 1 aliphatic heterocycles. The highest BCUT2D eigenvalue weighted by molar-refractivity contribution is 7.22. The number of hydrogen-bond acceptors (Lipinski definition) is 7. The van der Waals surface area contributed by atoms with Crippen molar-refractivity contribution in [2.24, 2.45) is 0 Å². The van der Waals surface area contributed by atoms with Crippen LogP contribution in [0.4, 0.5) is 5.13 Å². The normalized spacial score (nSPS) is 15.2. The number of carbonyl (C=O) groups excluding carboxylic acids is 1. The van der Waals surface area contributed by atoms with Crippen molar-refractivity contribution < 1.29 is 13.9 Å². The molecule has 8 heteroatoms. The van der Waals surface area contributed by atoms with Crippen LogP contribution >= 0.6 is 11.3 Å². The number of nitrogens with one attached hydrogen (secondary N) is 1. The van der Waals surface area contributed by atoms with Crippen LogP contribution in [0.2, 0.25) is 0 Å². The first kappa shape index (κ1) is 17.8. The largest absolute Gasteiger partial charge is 0.494 e. The lowest BCUT2D eigenvalue weighted by molar-refractivity contribution is 0.0920. The Labute approximate surface area is 161 Å². The maximum absolute atomic E-state index is 11.9. The molecule has 0 radical (unpaired) electrons. The van der Waals surface area contributed by atoms with Gasteiger partial charge in [0, 0.05) is 39.3 Å². The summed E-state index contributed by atoms with van der Waals surface area (Å²) in [6.45, 7) is 5.18. The number of para-hydroxylation sites is 1. The van der Waals surface area contributed by atoms with Gasteiger partial charge in [-0.1, -0.05) is 17.4 Å². The Hall–Kier alpha value is -2.58. The fourth-order valence-corrected chi connectivity index (χ4v) is 4.23. The first-order chi connectivity index (χ1) is 13.2. The van der Waals surface area contributed by atoms with Crippen molar-refractivity contribution >= 4 is 32.6 Å². The Kier molecular flexibility index (Phi) is 5.26. The predicted octanol–water partition coefficient (Wildman–Crippen LogP) is 2.45. The van der Waals surface area contributed by atoms with E-state index in [1.165, 1.54) is 6.26 Å². The van der Waals surface area contributed by atoms with Gasteiger partial charge in [0.25, 0.3) is 5.91 Å². The summed E-state index contributed by atoms with van der Waals surface area (Å²) >= 11 is 1.70. The number of methoxy groups -OCH3 is 1. The summed E-state index contributed by atoms with van der Waals surface area (Å²) in [6.07, 6.45) is 1.51. The third-order valence-corrected chi connectivity index (χ3v) is 5.77. The molecule has 0 spiro atoms. The number of nitrogens with zero attached hydrogens (tertiary/aromatic N) is 3. The Morgan fingerprint density at radius 1 is 1.26 bits per heavy atom. The second-order valence-electron chi connectivity index (χ2n) is 6.37. The van der Waals surface area contributed by atoms with Crippen molar-refractivity contribution in [3.8, 4) is 5.75 Å². The zero-order valence-corrected chi connectivity index (χ0v) is 16.0. The molecule has 4 rings (SSSR count). The molecule has 0 bridgehead atoms. The van der Waals surface area contributed by atoms with Crippen LogP contribution in [0.15, 0.2) is 41.0 Å². The van der Waals surface area contributed by atoms with Gasteiger partial charge in [0.2, 0.25) is 0 Å². The average Bonchev–Trinajstić information content (AvgIpc) is 3.38. The first-order valence-corrected chi connectivity index (χ1v) is 9.79. The van der Waals surface area contributed by atoms with E-state index in [0.29, 0.717) is 12.3 Å². The van der Waals surface area contributed by atoms with Crippen LogP contribution in [0.25, 0.3) is 10.2 Å². The Bertz CT molecular complexity index is 901. The first-order valence-electron chi connectivity index (χ1n) is 8.97. The van der Waals surface area contributed by atoms with Crippen molar-refractivity contribution in [3.05, 3.63) is 42.4 Å². The maximum Gasteiger partial charge on any atom is 0.287 e. The monoisotopic (exact) mass is 386 g/mol. The van der Waals surface area contributed by atoms with E-state index in [-0.39, 0.29) is 5.91 Å². The molecule has 1 aliphatic rings. The highest BCUT2D eigenvalue weighted by Crippen LogP contribution is 2.34. The Morgan fingerprint density at radius 3 is 2.85 bits per heavy atom. The second kappa shape index (κ2) is 7.98. The molecule has 1 amide bonds. The summed E-state index contributed by atoms with van der Waals surface area (Å²) in [6, 6.07) is 9.41. The van der Waals surface area contributed by atoms with Crippen molar-refractivity contribution in [3.63, 3.8) is 0 Å². The summed E-state index contributed by atoms with van der Waals surface area (Å²) in [5, 5.41) is 3.94. The minimum absolute atomic E-state index is 0.165. The van der Waals surface area contributed by atoms with Crippen LogP contribution in [-0.2, 0) is 0 Å². The summed E-state index contributed by atoms with van der Waals surface area (Å²) < 4.78 is 11.7. The molecule has 0 unspecified atom stereocenters. The second-order valence-corrected chi connectivity index (χ2v) is 7.37. The third-order valence-electron chi connectivity index (χ3n) is 4.69.